The van der Waals surface area contributed by atoms with Crippen LogP contribution in [0.3, 0.4) is 0 Å². The molecule has 2 aromatic rings. The molecule has 0 aromatic heterocycles. The molecule has 0 unspecified atom stereocenters. The highest BCUT2D eigenvalue weighted by Gasteiger charge is 2.19. The van der Waals surface area contributed by atoms with E-state index in [1.54, 1.807) is 48.5 Å². The lowest BCUT2D eigenvalue weighted by Gasteiger charge is -2.14. The average molecular weight is 400 g/mol. The van der Waals surface area contributed by atoms with E-state index in [0.29, 0.717) is 29.4 Å². The molecule has 0 spiro atoms. The molecular formula is C21H24N2O6. The zero-order valence-electron chi connectivity index (χ0n) is 16.6. The molecule has 0 bridgehead atoms. The van der Waals surface area contributed by atoms with Crippen LogP contribution in [0.2, 0.25) is 0 Å². The first-order chi connectivity index (χ1) is 13.9. The van der Waals surface area contributed by atoms with Gasteiger partial charge in [-0.1, -0.05) is 18.2 Å². The van der Waals surface area contributed by atoms with E-state index < -0.39 is 23.9 Å². The maximum Gasteiger partial charge on any atom is 0.326 e. The Bertz CT molecular complexity index is 868. The molecule has 154 valence electrons. The third-order valence-corrected chi connectivity index (χ3v) is 3.84. The Morgan fingerprint density at radius 3 is 2.55 bits per heavy atom. The van der Waals surface area contributed by atoms with Gasteiger partial charge in [-0.15, -0.1) is 0 Å². The molecule has 29 heavy (non-hydrogen) atoms. The summed E-state index contributed by atoms with van der Waals surface area (Å²) in [6.07, 6.45) is -1.04. The van der Waals surface area contributed by atoms with Crippen LogP contribution in [0, 0.1) is 0 Å². The summed E-state index contributed by atoms with van der Waals surface area (Å²) >= 11 is 0. The smallest absolute Gasteiger partial charge is 0.326 e. The zero-order valence-corrected chi connectivity index (χ0v) is 16.6. The van der Waals surface area contributed by atoms with Crippen LogP contribution in [-0.4, -0.2) is 44.1 Å². The van der Waals surface area contributed by atoms with Crippen molar-refractivity contribution in [1.29, 1.82) is 0 Å². The van der Waals surface area contributed by atoms with Gasteiger partial charge in [-0.2, -0.15) is 0 Å². The minimum absolute atomic E-state index is 0.311. The normalized spacial score (nSPS) is 11.1. The Balaban J connectivity index is 1.85. The molecular weight excluding hydrogens is 376 g/mol. The number of esters is 1. The lowest BCUT2D eigenvalue weighted by molar-refractivity contribution is -0.152. The van der Waals surface area contributed by atoms with Gasteiger partial charge in [-0.25, -0.2) is 0 Å². The first kappa shape index (κ1) is 21.7. The van der Waals surface area contributed by atoms with Crippen LogP contribution in [0.25, 0.3) is 0 Å². The Hall–Kier alpha value is -3.55. The van der Waals surface area contributed by atoms with Gasteiger partial charge in [0.1, 0.15) is 18.0 Å². The van der Waals surface area contributed by atoms with Gasteiger partial charge in [0, 0.05) is 11.8 Å². The second-order valence-corrected chi connectivity index (χ2v) is 5.97. The highest BCUT2D eigenvalue weighted by Crippen LogP contribution is 2.18. The first-order valence-electron chi connectivity index (χ1n) is 9.09. The van der Waals surface area contributed by atoms with Crippen molar-refractivity contribution in [3.63, 3.8) is 0 Å². The van der Waals surface area contributed by atoms with E-state index in [4.69, 9.17) is 14.2 Å². The van der Waals surface area contributed by atoms with E-state index in [1.807, 2.05) is 6.92 Å². The number of carbonyl (C=O) groups excluding carboxylic acids is 3. The molecule has 0 aliphatic heterocycles. The molecule has 2 aromatic carbocycles. The van der Waals surface area contributed by atoms with Gasteiger partial charge >= 0.3 is 5.97 Å². The van der Waals surface area contributed by atoms with Gasteiger partial charge in [0.15, 0.2) is 6.10 Å². The number of hydrogen-bond acceptors (Lipinski definition) is 6. The Kier molecular flexibility index (Phi) is 8.02. The molecule has 0 radical (unpaired) electrons. The number of hydrogen-bond donors (Lipinski definition) is 2. The lowest BCUT2D eigenvalue weighted by Crippen LogP contribution is -2.36. The van der Waals surface area contributed by atoms with Crippen molar-refractivity contribution in [2.24, 2.45) is 0 Å². The van der Waals surface area contributed by atoms with Crippen molar-refractivity contribution in [2.45, 2.75) is 20.0 Å². The molecule has 2 amide bonds. The third kappa shape index (κ3) is 6.53. The summed E-state index contributed by atoms with van der Waals surface area (Å²) in [7, 11) is 1.52. The van der Waals surface area contributed by atoms with Crippen LogP contribution < -0.4 is 20.1 Å². The minimum atomic E-state index is -1.04. The number of benzene rings is 2. The standard InChI is InChI=1S/C21H24N2O6/c1-4-28-18-11-6-5-10-17(18)21(26)22-13-19(24)29-14(2)20(25)23-15-8-7-9-16(12-15)27-3/h5-12,14H,4,13H2,1-3H3,(H,22,26)(H,23,25)/t14-/m1/s1. The molecule has 8 nitrogen and oxygen atoms in total. The number of anilines is 1. The summed E-state index contributed by atoms with van der Waals surface area (Å²) in [6, 6.07) is 13.5. The summed E-state index contributed by atoms with van der Waals surface area (Å²) in [6.45, 7) is 3.28. The second kappa shape index (κ2) is 10.7. The summed E-state index contributed by atoms with van der Waals surface area (Å²) in [5.74, 6) is -0.700. The summed E-state index contributed by atoms with van der Waals surface area (Å²) in [4.78, 5) is 36.5. The van der Waals surface area contributed by atoms with Crippen molar-refractivity contribution in [2.75, 3.05) is 25.6 Å². The van der Waals surface area contributed by atoms with Gasteiger partial charge in [-0.3, -0.25) is 14.4 Å². The van der Waals surface area contributed by atoms with E-state index in [2.05, 4.69) is 10.6 Å². The first-order valence-corrected chi connectivity index (χ1v) is 9.09. The summed E-state index contributed by atoms with van der Waals surface area (Å²) < 4.78 is 15.6. The Morgan fingerprint density at radius 1 is 1.07 bits per heavy atom. The number of rotatable bonds is 9. The van der Waals surface area contributed by atoms with Gasteiger partial charge in [0.25, 0.3) is 11.8 Å². The number of para-hydroxylation sites is 1. The van der Waals surface area contributed by atoms with E-state index in [0.717, 1.165) is 0 Å². The molecule has 0 saturated heterocycles. The van der Waals surface area contributed by atoms with Gasteiger partial charge < -0.3 is 24.8 Å². The Labute approximate surface area is 169 Å². The molecule has 2 rings (SSSR count). The molecule has 0 aliphatic carbocycles. The van der Waals surface area contributed by atoms with Gasteiger partial charge in [0.2, 0.25) is 0 Å². The zero-order chi connectivity index (χ0) is 21.2. The lowest BCUT2D eigenvalue weighted by atomic mass is 10.2. The topological polar surface area (TPSA) is 103 Å². The molecule has 1 atom stereocenters. The van der Waals surface area contributed by atoms with Crippen LogP contribution in [0.15, 0.2) is 48.5 Å². The van der Waals surface area contributed by atoms with Crippen LogP contribution in [0.4, 0.5) is 5.69 Å². The minimum Gasteiger partial charge on any atom is -0.497 e. The van der Waals surface area contributed by atoms with Gasteiger partial charge in [0.05, 0.1) is 19.3 Å². The van der Waals surface area contributed by atoms with Crippen molar-refractivity contribution >= 4 is 23.5 Å². The molecule has 0 saturated carbocycles. The number of carbonyl (C=O) groups is 3. The van der Waals surface area contributed by atoms with Crippen LogP contribution in [0.5, 0.6) is 11.5 Å². The van der Waals surface area contributed by atoms with Crippen molar-refractivity contribution in [1.82, 2.24) is 5.32 Å². The van der Waals surface area contributed by atoms with Crippen LogP contribution >= 0.6 is 0 Å². The predicted octanol–water partition coefficient (Wildman–Crippen LogP) is 2.39. The third-order valence-electron chi connectivity index (χ3n) is 3.84. The van der Waals surface area contributed by atoms with Crippen LogP contribution in [0.1, 0.15) is 24.2 Å². The van der Waals surface area contributed by atoms with E-state index >= 15 is 0 Å². The number of amides is 2. The fourth-order valence-corrected chi connectivity index (χ4v) is 2.42. The largest absolute Gasteiger partial charge is 0.497 e. The quantitative estimate of drug-likeness (QED) is 0.627. The van der Waals surface area contributed by atoms with Gasteiger partial charge in [-0.05, 0) is 38.1 Å². The van der Waals surface area contributed by atoms with E-state index in [-0.39, 0.29) is 6.54 Å². The SMILES string of the molecule is CCOc1ccccc1C(=O)NCC(=O)O[C@H](C)C(=O)Nc1cccc(OC)c1. The number of nitrogens with one attached hydrogen (secondary N) is 2. The molecule has 0 fully saturated rings. The highest BCUT2D eigenvalue weighted by molar-refractivity contribution is 5.99. The van der Waals surface area contributed by atoms with E-state index in [9.17, 15) is 14.4 Å². The monoisotopic (exact) mass is 400 g/mol. The summed E-state index contributed by atoms with van der Waals surface area (Å²) in [5.41, 5.74) is 0.823. The summed E-state index contributed by atoms with van der Waals surface area (Å²) in [5, 5.41) is 5.10. The molecule has 0 aliphatic rings. The average Bonchev–Trinajstić information content (AvgIpc) is 2.72. The van der Waals surface area contributed by atoms with E-state index in [1.165, 1.54) is 14.0 Å². The number of ether oxygens (including phenoxy) is 3. The number of methoxy groups -OCH3 is 1. The molecule has 2 N–H and O–H groups in total. The fourth-order valence-electron chi connectivity index (χ4n) is 2.42. The molecule has 8 heteroatoms. The predicted molar refractivity (Wildman–Crippen MR) is 107 cm³/mol. The van der Waals surface area contributed by atoms with Crippen molar-refractivity contribution < 1.29 is 28.6 Å². The second-order valence-electron chi connectivity index (χ2n) is 5.97. The highest BCUT2D eigenvalue weighted by atomic mass is 16.5. The maximum absolute atomic E-state index is 12.3. The Morgan fingerprint density at radius 2 is 1.83 bits per heavy atom. The fraction of sp³-hybridized carbons (Fsp3) is 0.286. The van der Waals surface area contributed by atoms with Crippen LogP contribution in [-0.2, 0) is 14.3 Å². The van der Waals surface area contributed by atoms with Crippen molar-refractivity contribution in [3.8, 4) is 11.5 Å². The van der Waals surface area contributed by atoms with Crippen molar-refractivity contribution in [3.05, 3.63) is 54.1 Å². The molecule has 0 heterocycles. The maximum atomic E-state index is 12.3.